The van der Waals surface area contributed by atoms with Crippen LogP contribution < -0.4 is 4.74 Å². The summed E-state index contributed by atoms with van der Waals surface area (Å²) in [5.74, 6) is 0.561. The molecular formula is C29H30N6O2S. The first kappa shape index (κ1) is 24.5. The van der Waals surface area contributed by atoms with Crippen molar-refractivity contribution < 1.29 is 9.53 Å². The molecule has 1 aromatic heterocycles. The SMILES string of the molecule is Cc1ccc(OCCCn2cc(/C=C3/C(=N)N4N=C(N5CCCC5)SC4=NC3=O)c3ccccc32)cc1C. The number of benzene rings is 2. The molecule has 0 unspecified atom stereocenters. The fourth-order valence-electron chi connectivity index (χ4n) is 4.98. The first-order valence-corrected chi connectivity index (χ1v) is 13.8. The lowest BCUT2D eigenvalue weighted by molar-refractivity contribution is -0.114. The van der Waals surface area contributed by atoms with E-state index in [1.165, 1.54) is 27.9 Å². The van der Waals surface area contributed by atoms with Crippen LogP contribution in [0.3, 0.4) is 0 Å². The molecule has 0 saturated carbocycles. The number of amidine groups is 3. The molecule has 0 atom stereocenters. The normalized spacial score (nSPS) is 18.4. The Kier molecular flexibility index (Phi) is 6.53. The number of para-hydroxylation sites is 1. The molecule has 38 heavy (non-hydrogen) atoms. The van der Waals surface area contributed by atoms with E-state index in [1.54, 1.807) is 6.08 Å². The average Bonchev–Trinajstić information content (AvgIpc) is 3.66. The van der Waals surface area contributed by atoms with Gasteiger partial charge in [0.15, 0.2) is 11.0 Å². The lowest BCUT2D eigenvalue weighted by Crippen LogP contribution is -2.35. The predicted octanol–water partition coefficient (Wildman–Crippen LogP) is 5.40. The van der Waals surface area contributed by atoms with Crippen LogP contribution >= 0.6 is 11.8 Å². The van der Waals surface area contributed by atoms with Gasteiger partial charge in [0.2, 0.25) is 5.17 Å². The van der Waals surface area contributed by atoms with Crippen LogP contribution in [0.2, 0.25) is 0 Å². The van der Waals surface area contributed by atoms with E-state index in [0.29, 0.717) is 11.8 Å². The van der Waals surface area contributed by atoms with E-state index in [-0.39, 0.29) is 11.4 Å². The van der Waals surface area contributed by atoms with Crippen LogP contribution in [-0.4, -0.2) is 56.3 Å². The number of amides is 1. The van der Waals surface area contributed by atoms with Gasteiger partial charge in [-0.05, 0) is 80.3 Å². The molecule has 2 aromatic carbocycles. The molecule has 1 N–H and O–H groups in total. The summed E-state index contributed by atoms with van der Waals surface area (Å²) in [5.41, 5.74) is 4.70. The second-order valence-corrected chi connectivity index (χ2v) is 10.8. The van der Waals surface area contributed by atoms with Crippen molar-refractivity contribution in [3.05, 3.63) is 70.9 Å². The number of hydrazone groups is 1. The Morgan fingerprint density at radius 1 is 1.08 bits per heavy atom. The van der Waals surface area contributed by atoms with Crippen molar-refractivity contribution in [3.63, 3.8) is 0 Å². The molecule has 4 heterocycles. The largest absolute Gasteiger partial charge is 0.494 e. The highest BCUT2D eigenvalue weighted by atomic mass is 32.2. The van der Waals surface area contributed by atoms with Gasteiger partial charge in [0.25, 0.3) is 5.91 Å². The van der Waals surface area contributed by atoms with Crippen LogP contribution in [-0.2, 0) is 11.3 Å². The average molecular weight is 527 g/mol. The highest BCUT2D eigenvalue weighted by Crippen LogP contribution is 2.32. The third kappa shape index (κ3) is 4.62. The molecule has 1 fully saturated rings. The number of thioether (sulfide) groups is 1. The number of aromatic nitrogens is 1. The van der Waals surface area contributed by atoms with Crippen molar-refractivity contribution in [2.24, 2.45) is 10.1 Å². The lowest BCUT2D eigenvalue weighted by atomic mass is 10.1. The van der Waals surface area contributed by atoms with Crippen molar-refractivity contribution in [1.29, 1.82) is 5.41 Å². The van der Waals surface area contributed by atoms with Crippen molar-refractivity contribution in [1.82, 2.24) is 14.5 Å². The van der Waals surface area contributed by atoms with E-state index in [0.717, 1.165) is 66.3 Å². The Balaban J connectivity index is 1.21. The van der Waals surface area contributed by atoms with Crippen molar-refractivity contribution in [2.45, 2.75) is 39.7 Å². The quantitative estimate of drug-likeness (QED) is 0.343. The minimum absolute atomic E-state index is 0.0697. The van der Waals surface area contributed by atoms with E-state index < -0.39 is 5.91 Å². The van der Waals surface area contributed by atoms with Crippen molar-refractivity contribution >= 4 is 50.8 Å². The van der Waals surface area contributed by atoms with Gasteiger partial charge in [-0.1, -0.05) is 24.3 Å². The number of carbonyl (C=O) groups excluding carboxylic acids is 1. The molecule has 0 bridgehead atoms. The van der Waals surface area contributed by atoms with Gasteiger partial charge in [-0.2, -0.15) is 10.0 Å². The van der Waals surface area contributed by atoms with Crippen molar-refractivity contribution in [2.75, 3.05) is 19.7 Å². The molecular weight excluding hydrogens is 496 g/mol. The van der Waals surface area contributed by atoms with E-state index in [2.05, 4.69) is 51.6 Å². The lowest BCUT2D eigenvalue weighted by Gasteiger charge is -2.19. The molecule has 0 radical (unpaired) electrons. The van der Waals surface area contributed by atoms with E-state index in [9.17, 15) is 4.79 Å². The summed E-state index contributed by atoms with van der Waals surface area (Å²) in [7, 11) is 0. The maximum absolute atomic E-state index is 13.0. The summed E-state index contributed by atoms with van der Waals surface area (Å²) in [6.07, 6.45) is 6.93. The number of aliphatic imine (C=N–C) groups is 1. The number of ether oxygens (including phenoxy) is 1. The van der Waals surface area contributed by atoms with Gasteiger partial charge in [0.1, 0.15) is 5.75 Å². The fraction of sp³-hybridized carbons (Fsp3) is 0.310. The van der Waals surface area contributed by atoms with E-state index >= 15 is 0 Å². The third-order valence-corrected chi connectivity index (χ3v) is 8.20. The molecule has 0 aliphatic carbocycles. The predicted molar refractivity (Wildman–Crippen MR) is 154 cm³/mol. The number of hydrogen-bond donors (Lipinski definition) is 1. The smallest absolute Gasteiger partial charge is 0.283 e. The Hall–Kier alpha value is -3.85. The molecule has 3 aromatic rings. The standard InChI is InChI=1S/C29H30N6O2S/c1-19-10-11-22(16-20(19)2)37-15-7-14-34-18-21(23-8-3-4-9-25(23)34)17-24-26(30)35-28(31-27(24)36)38-29(32-35)33-12-5-6-13-33/h3-4,8-11,16-18,30H,5-7,12-15H2,1-2H3/b24-17-,30-26?. The highest BCUT2D eigenvalue weighted by Gasteiger charge is 2.37. The zero-order chi connectivity index (χ0) is 26.2. The first-order chi connectivity index (χ1) is 18.5. The second kappa shape index (κ2) is 10.1. The molecule has 9 heteroatoms. The van der Waals surface area contributed by atoms with Crippen LogP contribution in [0.1, 0.15) is 36.0 Å². The number of likely N-dealkylation sites (tertiary alicyclic amines) is 1. The molecule has 6 rings (SSSR count). The molecule has 8 nitrogen and oxygen atoms in total. The van der Waals surface area contributed by atoms with E-state index in [1.807, 2.05) is 30.5 Å². The van der Waals surface area contributed by atoms with Crippen LogP contribution in [0.5, 0.6) is 5.75 Å². The number of rotatable bonds is 6. The van der Waals surface area contributed by atoms with Crippen molar-refractivity contribution in [3.8, 4) is 5.75 Å². The summed E-state index contributed by atoms with van der Waals surface area (Å²) in [6.45, 7) is 7.47. The van der Waals surface area contributed by atoms with Crippen LogP contribution in [0.25, 0.3) is 17.0 Å². The summed E-state index contributed by atoms with van der Waals surface area (Å²) in [6, 6.07) is 14.3. The molecule has 3 aliphatic rings. The zero-order valence-corrected chi connectivity index (χ0v) is 22.4. The van der Waals surface area contributed by atoms with Crippen LogP contribution in [0, 0.1) is 19.3 Å². The topological polar surface area (TPSA) is 86.3 Å². The molecule has 1 amide bonds. The van der Waals surface area contributed by atoms with Crippen LogP contribution in [0.15, 0.2) is 64.3 Å². The molecule has 194 valence electrons. The first-order valence-electron chi connectivity index (χ1n) is 13.0. The minimum Gasteiger partial charge on any atom is -0.494 e. The number of nitrogens with zero attached hydrogens (tertiary/aromatic N) is 5. The number of hydrogen-bond acceptors (Lipinski definition) is 6. The van der Waals surface area contributed by atoms with Gasteiger partial charge in [0, 0.05) is 42.3 Å². The molecule has 0 spiro atoms. The maximum atomic E-state index is 13.0. The summed E-state index contributed by atoms with van der Waals surface area (Å²) in [5, 5.41) is 17.2. The maximum Gasteiger partial charge on any atom is 0.283 e. The van der Waals surface area contributed by atoms with Gasteiger partial charge in [-0.15, -0.1) is 5.10 Å². The molecule has 1 saturated heterocycles. The molecule has 3 aliphatic heterocycles. The zero-order valence-electron chi connectivity index (χ0n) is 21.6. The Morgan fingerprint density at radius 2 is 1.89 bits per heavy atom. The second-order valence-electron chi connectivity index (χ2n) is 9.84. The minimum atomic E-state index is -0.398. The number of carbonyl (C=O) groups is 1. The Labute approximate surface area is 226 Å². The Bertz CT molecular complexity index is 1530. The van der Waals surface area contributed by atoms with Gasteiger partial charge < -0.3 is 14.2 Å². The highest BCUT2D eigenvalue weighted by molar-refractivity contribution is 8.26. The number of nitrogens with one attached hydrogen (secondary N) is 1. The van der Waals surface area contributed by atoms with E-state index in [4.69, 9.17) is 10.1 Å². The fourth-order valence-corrected chi connectivity index (χ4v) is 5.92. The summed E-state index contributed by atoms with van der Waals surface area (Å²) >= 11 is 1.37. The summed E-state index contributed by atoms with van der Waals surface area (Å²) in [4.78, 5) is 19.5. The van der Waals surface area contributed by atoms with Gasteiger partial charge >= 0.3 is 0 Å². The van der Waals surface area contributed by atoms with Gasteiger partial charge in [-0.3, -0.25) is 10.2 Å². The van der Waals surface area contributed by atoms with Gasteiger partial charge in [0.05, 0.1) is 12.2 Å². The Morgan fingerprint density at radius 3 is 2.71 bits per heavy atom. The van der Waals surface area contributed by atoms with Gasteiger partial charge in [-0.25, -0.2) is 0 Å². The number of fused-ring (bicyclic) bond motifs is 2. The van der Waals surface area contributed by atoms with Crippen LogP contribution in [0.4, 0.5) is 0 Å². The third-order valence-electron chi connectivity index (χ3n) is 7.23. The number of aryl methyl sites for hydroxylation is 3. The summed E-state index contributed by atoms with van der Waals surface area (Å²) < 4.78 is 8.17. The monoisotopic (exact) mass is 526 g/mol.